The van der Waals surface area contributed by atoms with Crippen molar-refractivity contribution in [3.63, 3.8) is 0 Å². The quantitative estimate of drug-likeness (QED) is 0.183. The van der Waals surface area contributed by atoms with Crippen LogP contribution >= 0.6 is 0 Å². The summed E-state index contributed by atoms with van der Waals surface area (Å²) < 4.78 is 17.5. The van der Waals surface area contributed by atoms with Crippen molar-refractivity contribution in [3.05, 3.63) is 23.8 Å². The van der Waals surface area contributed by atoms with Gasteiger partial charge in [-0.2, -0.15) is 0 Å². The SMILES string of the molecule is C=C(C)C1CCC2C3(CCC4(C)C(C(C)C5CC=C(C)C(=O)O5)CC(OC(C)=O)C24C)CC13CCC(=O)OCC. The van der Waals surface area contributed by atoms with Crippen molar-refractivity contribution in [2.75, 3.05) is 6.61 Å². The zero-order valence-electron chi connectivity index (χ0n) is 25.8. The van der Waals surface area contributed by atoms with Crippen LogP contribution in [0.1, 0.15) is 106 Å². The molecule has 0 aromatic carbocycles. The predicted octanol–water partition coefficient (Wildman–Crippen LogP) is 6.96. The lowest BCUT2D eigenvalue weighted by Crippen LogP contribution is -2.58. The van der Waals surface area contributed by atoms with E-state index in [9.17, 15) is 14.4 Å². The fourth-order valence-electron chi connectivity index (χ4n) is 11.0. The van der Waals surface area contributed by atoms with E-state index in [-0.39, 0.29) is 63.6 Å². The van der Waals surface area contributed by atoms with E-state index >= 15 is 0 Å². The maximum absolute atomic E-state index is 12.5. The van der Waals surface area contributed by atoms with Crippen LogP contribution < -0.4 is 0 Å². The first-order chi connectivity index (χ1) is 18.8. The first-order valence-corrected chi connectivity index (χ1v) is 15.6. The summed E-state index contributed by atoms with van der Waals surface area (Å²) in [5.41, 5.74) is 1.84. The molecule has 4 aliphatic carbocycles. The van der Waals surface area contributed by atoms with Gasteiger partial charge in [0, 0.05) is 30.8 Å². The van der Waals surface area contributed by atoms with E-state index in [0.717, 1.165) is 51.4 Å². The first-order valence-electron chi connectivity index (χ1n) is 15.6. The Morgan fingerprint density at radius 2 is 1.93 bits per heavy atom. The Hall–Kier alpha value is -2.11. The number of allylic oxidation sites excluding steroid dienone is 1. The molecule has 1 spiro atoms. The smallest absolute Gasteiger partial charge is 0.333 e. The van der Waals surface area contributed by atoms with Gasteiger partial charge in [0.05, 0.1) is 6.61 Å². The van der Waals surface area contributed by atoms with Gasteiger partial charge in [-0.1, -0.05) is 39.0 Å². The van der Waals surface area contributed by atoms with Crippen molar-refractivity contribution >= 4 is 17.9 Å². The van der Waals surface area contributed by atoms with Gasteiger partial charge in [0.25, 0.3) is 0 Å². The second-order valence-electron chi connectivity index (χ2n) is 14.4. The molecule has 1 heterocycles. The van der Waals surface area contributed by atoms with Crippen LogP contribution in [0.5, 0.6) is 0 Å². The lowest BCUT2D eigenvalue weighted by atomic mass is 9.43. The summed E-state index contributed by atoms with van der Waals surface area (Å²) in [7, 11) is 0. The topological polar surface area (TPSA) is 78.9 Å². The standard InChI is InChI=1S/C34H50O6/c1-9-38-29(36)14-15-33-19-34(33)17-16-31(7)25(22(5)26-12-10-21(4)30(37)40-26)18-28(39-23(6)35)32(31,8)27(34)13-11-24(33)20(2)3/h10,22,24-28H,2,9,11-19H2,1,3-8H3. The van der Waals surface area contributed by atoms with E-state index in [1.807, 2.05) is 19.9 Å². The third-order valence-corrected chi connectivity index (χ3v) is 13.0. The van der Waals surface area contributed by atoms with Gasteiger partial charge in [-0.25, -0.2) is 4.79 Å². The molecule has 0 aromatic heterocycles. The highest BCUT2D eigenvalue weighted by molar-refractivity contribution is 5.88. The molecule has 0 saturated heterocycles. The van der Waals surface area contributed by atoms with Gasteiger partial charge in [0.1, 0.15) is 12.2 Å². The molecule has 1 aliphatic heterocycles. The van der Waals surface area contributed by atoms with Crippen molar-refractivity contribution in [2.45, 2.75) is 118 Å². The van der Waals surface area contributed by atoms with E-state index in [4.69, 9.17) is 14.2 Å². The minimum atomic E-state index is -0.218. The van der Waals surface area contributed by atoms with Gasteiger partial charge < -0.3 is 14.2 Å². The van der Waals surface area contributed by atoms with Crippen LogP contribution in [0.15, 0.2) is 23.8 Å². The molecule has 222 valence electrons. The van der Waals surface area contributed by atoms with Crippen LogP contribution in [0.4, 0.5) is 0 Å². The monoisotopic (exact) mass is 554 g/mol. The molecule has 4 saturated carbocycles. The number of esters is 3. The molecule has 4 fully saturated rings. The maximum Gasteiger partial charge on any atom is 0.333 e. The predicted molar refractivity (Wildman–Crippen MR) is 153 cm³/mol. The molecule has 10 unspecified atom stereocenters. The second kappa shape index (κ2) is 10.0. The summed E-state index contributed by atoms with van der Waals surface area (Å²) in [5.74, 6) is 0.703. The molecule has 6 nitrogen and oxygen atoms in total. The molecule has 0 aromatic rings. The summed E-state index contributed by atoms with van der Waals surface area (Å²) in [6.07, 6.45) is 9.96. The van der Waals surface area contributed by atoms with Gasteiger partial charge in [-0.3, -0.25) is 9.59 Å². The highest BCUT2D eigenvalue weighted by Gasteiger charge is 2.82. The summed E-state index contributed by atoms with van der Waals surface area (Å²) in [6.45, 7) is 19.3. The van der Waals surface area contributed by atoms with Gasteiger partial charge in [-0.05, 0) is 106 Å². The fourth-order valence-corrected chi connectivity index (χ4v) is 11.0. The maximum atomic E-state index is 12.5. The van der Waals surface area contributed by atoms with Crippen molar-refractivity contribution in [1.82, 2.24) is 0 Å². The van der Waals surface area contributed by atoms with E-state index in [1.54, 1.807) is 0 Å². The van der Waals surface area contributed by atoms with Crippen LogP contribution in [0.3, 0.4) is 0 Å². The first kappa shape index (κ1) is 29.4. The fraction of sp³-hybridized carbons (Fsp3) is 0.794. The number of hydrogen-bond donors (Lipinski definition) is 0. The number of cyclic esters (lactones) is 1. The van der Waals surface area contributed by atoms with Crippen LogP contribution in [0.25, 0.3) is 0 Å². The number of carbonyl (C=O) groups is 3. The van der Waals surface area contributed by atoms with Gasteiger partial charge in [-0.15, -0.1) is 0 Å². The van der Waals surface area contributed by atoms with Crippen LogP contribution in [0.2, 0.25) is 0 Å². The molecule has 6 heteroatoms. The number of hydrogen-bond acceptors (Lipinski definition) is 6. The summed E-state index contributed by atoms with van der Waals surface area (Å²) in [4.78, 5) is 37.5. The molecule has 0 bridgehead atoms. The molecular formula is C34H50O6. The average Bonchev–Trinajstić information content (AvgIpc) is 3.51. The Balaban J connectivity index is 1.51. The summed E-state index contributed by atoms with van der Waals surface area (Å²) in [6, 6.07) is 0. The summed E-state index contributed by atoms with van der Waals surface area (Å²) >= 11 is 0. The Kier molecular flexibility index (Phi) is 7.36. The largest absolute Gasteiger partial charge is 0.466 e. The lowest BCUT2D eigenvalue weighted by Gasteiger charge is -2.61. The van der Waals surface area contributed by atoms with Crippen molar-refractivity contribution in [2.24, 2.45) is 45.3 Å². The van der Waals surface area contributed by atoms with Crippen molar-refractivity contribution in [1.29, 1.82) is 0 Å². The third kappa shape index (κ3) is 4.05. The highest BCUT2D eigenvalue weighted by atomic mass is 16.6. The second-order valence-corrected chi connectivity index (χ2v) is 14.4. The van der Waals surface area contributed by atoms with Gasteiger partial charge >= 0.3 is 17.9 Å². The van der Waals surface area contributed by atoms with Gasteiger partial charge in [0.2, 0.25) is 0 Å². The minimum Gasteiger partial charge on any atom is -0.466 e. The van der Waals surface area contributed by atoms with E-state index in [2.05, 4.69) is 34.3 Å². The Bertz CT molecular complexity index is 1120. The molecule has 0 N–H and O–H groups in total. The van der Waals surface area contributed by atoms with E-state index in [1.165, 1.54) is 12.5 Å². The number of ether oxygens (including phenoxy) is 3. The average molecular weight is 555 g/mol. The minimum absolute atomic E-state index is 0.0589. The molecular weight excluding hydrogens is 504 g/mol. The van der Waals surface area contributed by atoms with Crippen LogP contribution in [-0.2, 0) is 28.6 Å². The Morgan fingerprint density at radius 1 is 1.20 bits per heavy atom. The number of fused-ring (bicyclic) bond motifs is 2. The number of carbonyl (C=O) groups excluding carboxylic acids is 3. The number of rotatable bonds is 8. The lowest BCUT2D eigenvalue weighted by molar-refractivity contribution is -0.182. The van der Waals surface area contributed by atoms with Gasteiger partial charge in [0.15, 0.2) is 0 Å². The highest BCUT2D eigenvalue weighted by Crippen LogP contribution is 2.87. The third-order valence-electron chi connectivity index (χ3n) is 13.0. The van der Waals surface area contributed by atoms with Crippen LogP contribution in [-0.4, -0.2) is 36.7 Å². The van der Waals surface area contributed by atoms with Crippen molar-refractivity contribution < 1.29 is 28.6 Å². The molecule has 5 rings (SSSR count). The molecule has 5 aliphatic rings. The normalized spacial score (nSPS) is 44.2. The molecule has 40 heavy (non-hydrogen) atoms. The zero-order valence-corrected chi connectivity index (χ0v) is 25.8. The van der Waals surface area contributed by atoms with Crippen molar-refractivity contribution in [3.8, 4) is 0 Å². The van der Waals surface area contributed by atoms with E-state index < -0.39 is 0 Å². The molecule has 0 amide bonds. The Morgan fingerprint density at radius 3 is 2.55 bits per heavy atom. The molecule has 0 radical (unpaired) electrons. The summed E-state index contributed by atoms with van der Waals surface area (Å²) in [5, 5.41) is 0. The van der Waals surface area contributed by atoms with Crippen LogP contribution in [0, 0.1) is 45.3 Å². The Labute approximate surface area is 240 Å². The molecule has 10 atom stereocenters. The zero-order chi connectivity index (χ0) is 29.3. The van der Waals surface area contributed by atoms with E-state index in [0.29, 0.717) is 30.4 Å².